The van der Waals surface area contributed by atoms with E-state index in [-0.39, 0.29) is 0 Å². The van der Waals surface area contributed by atoms with Crippen LogP contribution in [0.25, 0.3) is 0 Å². The molecule has 70 valence electrons. The Hall–Kier alpha value is -1.59. The smallest absolute Gasteiger partial charge is 0.356 e. The zero-order valence-corrected chi connectivity index (χ0v) is 6.66. The molecule has 1 rings (SSSR count). The first kappa shape index (κ1) is 9.50. The van der Waals surface area contributed by atoms with E-state index in [9.17, 15) is 13.6 Å². The Morgan fingerprint density at radius 2 is 2.23 bits per heavy atom. The standard InChI is InChI=1S/C7H6F2N2O2/c1-3-2-10-4(6(8)9)5(11-3)7(12)13/h2,6H,1H3,(H,12,13). The predicted molar refractivity (Wildman–Crippen MR) is 38.7 cm³/mol. The Kier molecular flexibility index (Phi) is 2.50. The summed E-state index contributed by atoms with van der Waals surface area (Å²) < 4.78 is 24.3. The molecule has 1 heterocycles. The van der Waals surface area contributed by atoms with Crippen LogP contribution in [0.3, 0.4) is 0 Å². The minimum atomic E-state index is -2.92. The van der Waals surface area contributed by atoms with E-state index in [2.05, 4.69) is 9.97 Å². The maximum absolute atomic E-state index is 12.2. The van der Waals surface area contributed by atoms with Gasteiger partial charge in [-0.1, -0.05) is 0 Å². The number of rotatable bonds is 2. The van der Waals surface area contributed by atoms with E-state index in [1.165, 1.54) is 6.92 Å². The van der Waals surface area contributed by atoms with Crippen molar-refractivity contribution in [2.24, 2.45) is 0 Å². The van der Waals surface area contributed by atoms with Crippen LogP contribution in [0.2, 0.25) is 0 Å². The highest BCUT2D eigenvalue weighted by atomic mass is 19.3. The van der Waals surface area contributed by atoms with Crippen molar-refractivity contribution in [1.29, 1.82) is 0 Å². The quantitative estimate of drug-likeness (QED) is 0.762. The summed E-state index contributed by atoms with van der Waals surface area (Å²) in [5.41, 5.74) is -1.19. The maximum Gasteiger partial charge on any atom is 0.356 e. The van der Waals surface area contributed by atoms with Crippen LogP contribution in [-0.2, 0) is 0 Å². The Labute approximate surface area is 72.3 Å². The van der Waals surface area contributed by atoms with Gasteiger partial charge in [0.25, 0.3) is 6.43 Å². The summed E-state index contributed by atoms with van der Waals surface area (Å²) in [5, 5.41) is 8.50. The molecule has 1 N–H and O–H groups in total. The molecule has 0 spiro atoms. The molecule has 0 aliphatic heterocycles. The van der Waals surface area contributed by atoms with E-state index in [0.717, 1.165) is 6.20 Å². The first-order valence-electron chi connectivity index (χ1n) is 3.37. The molecule has 0 saturated carbocycles. The van der Waals surface area contributed by atoms with E-state index < -0.39 is 23.8 Å². The van der Waals surface area contributed by atoms with Gasteiger partial charge in [0.1, 0.15) is 5.69 Å². The van der Waals surface area contributed by atoms with Crippen molar-refractivity contribution < 1.29 is 18.7 Å². The number of halogens is 2. The van der Waals surface area contributed by atoms with Crippen LogP contribution >= 0.6 is 0 Å². The number of carboxylic acids is 1. The molecule has 0 aromatic carbocycles. The molecule has 0 radical (unpaired) electrons. The Balaban J connectivity index is 3.27. The van der Waals surface area contributed by atoms with Gasteiger partial charge in [0, 0.05) is 6.20 Å². The van der Waals surface area contributed by atoms with Crippen LogP contribution in [0.15, 0.2) is 6.20 Å². The Bertz CT molecular complexity index is 341. The SMILES string of the molecule is Cc1cnc(C(F)F)c(C(=O)O)n1. The highest BCUT2D eigenvalue weighted by Crippen LogP contribution is 2.18. The molecule has 0 aliphatic carbocycles. The van der Waals surface area contributed by atoms with Gasteiger partial charge < -0.3 is 5.11 Å². The molecule has 0 bridgehead atoms. The van der Waals surface area contributed by atoms with Gasteiger partial charge in [-0.2, -0.15) is 0 Å². The molecule has 4 nitrogen and oxygen atoms in total. The number of hydrogen-bond acceptors (Lipinski definition) is 3. The largest absolute Gasteiger partial charge is 0.476 e. The fourth-order valence-corrected chi connectivity index (χ4v) is 0.804. The van der Waals surface area contributed by atoms with E-state index in [0.29, 0.717) is 5.69 Å². The lowest BCUT2D eigenvalue weighted by atomic mass is 10.3. The van der Waals surface area contributed by atoms with E-state index in [4.69, 9.17) is 5.11 Å². The summed E-state index contributed by atoms with van der Waals surface area (Å²) in [6.45, 7) is 1.48. The number of alkyl halides is 2. The third-order valence-corrected chi connectivity index (χ3v) is 1.33. The summed E-state index contributed by atoms with van der Waals surface area (Å²) in [5.74, 6) is -1.49. The Morgan fingerprint density at radius 3 is 2.69 bits per heavy atom. The topological polar surface area (TPSA) is 63.1 Å². The fourth-order valence-electron chi connectivity index (χ4n) is 0.804. The molecule has 0 saturated heterocycles. The van der Waals surface area contributed by atoms with E-state index >= 15 is 0 Å². The van der Waals surface area contributed by atoms with Crippen LogP contribution in [0.5, 0.6) is 0 Å². The molecule has 1 aromatic heterocycles. The van der Waals surface area contributed by atoms with Crippen molar-refractivity contribution in [3.8, 4) is 0 Å². The van der Waals surface area contributed by atoms with Crippen molar-refractivity contribution in [3.63, 3.8) is 0 Å². The third kappa shape index (κ3) is 1.95. The zero-order chi connectivity index (χ0) is 10.0. The Morgan fingerprint density at radius 1 is 1.62 bits per heavy atom. The van der Waals surface area contributed by atoms with Gasteiger partial charge in [0.05, 0.1) is 5.69 Å². The normalized spacial score (nSPS) is 10.5. The number of carbonyl (C=O) groups is 1. The fraction of sp³-hybridized carbons (Fsp3) is 0.286. The molecule has 0 amide bonds. The van der Waals surface area contributed by atoms with Crippen molar-refractivity contribution in [1.82, 2.24) is 9.97 Å². The summed E-state index contributed by atoms with van der Waals surface area (Å²) in [7, 11) is 0. The third-order valence-electron chi connectivity index (χ3n) is 1.33. The van der Waals surface area contributed by atoms with Crippen LogP contribution in [0.4, 0.5) is 8.78 Å². The lowest BCUT2D eigenvalue weighted by molar-refractivity contribution is 0.0674. The van der Waals surface area contributed by atoms with Gasteiger partial charge in [0.15, 0.2) is 5.69 Å². The van der Waals surface area contributed by atoms with Gasteiger partial charge in [-0.05, 0) is 6.92 Å². The molecule has 0 aliphatic rings. The lowest BCUT2D eigenvalue weighted by Crippen LogP contribution is -2.09. The van der Waals surface area contributed by atoms with Gasteiger partial charge in [0.2, 0.25) is 0 Å². The van der Waals surface area contributed by atoms with Gasteiger partial charge >= 0.3 is 5.97 Å². The summed E-state index contributed by atoms with van der Waals surface area (Å²) in [6, 6.07) is 0. The number of aromatic carboxylic acids is 1. The van der Waals surface area contributed by atoms with E-state index in [1.54, 1.807) is 0 Å². The number of hydrogen-bond donors (Lipinski definition) is 1. The number of aromatic nitrogens is 2. The second kappa shape index (κ2) is 3.42. The monoisotopic (exact) mass is 188 g/mol. The number of aryl methyl sites for hydroxylation is 1. The summed E-state index contributed by atoms with van der Waals surface area (Å²) in [6.07, 6.45) is -1.81. The number of nitrogens with zero attached hydrogens (tertiary/aromatic N) is 2. The highest BCUT2D eigenvalue weighted by molar-refractivity contribution is 5.86. The van der Waals surface area contributed by atoms with Crippen LogP contribution in [-0.4, -0.2) is 21.0 Å². The maximum atomic E-state index is 12.2. The van der Waals surface area contributed by atoms with Gasteiger partial charge in [-0.3, -0.25) is 4.98 Å². The van der Waals surface area contributed by atoms with Gasteiger partial charge in [-0.25, -0.2) is 18.6 Å². The average Bonchev–Trinajstić information content (AvgIpc) is 2.03. The van der Waals surface area contributed by atoms with Crippen LogP contribution in [0.1, 0.15) is 28.3 Å². The molecular formula is C7H6F2N2O2. The van der Waals surface area contributed by atoms with Crippen LogP contribution < -0.4 is 0 Å². The molecule has 6 heteroatoms. The first-order chi connectivity index (χ1) is 6.02. The second-order valence-corrected chi connectivity index (χ2v) is 2.35. The van der Waals surface area contributed by atoms with Crippen LogP contribution in [0, 0.1) is 6.92 Å². The molecule has 0 unspecified atom stereocenters. The molecule has 0 fully saturated rings. The molecule has 13 heavy (non-hydrogen) atoms. The molecule has 0 atom stereocenters. The van der Waals surface area contributed by atoms with Crippen molar-refractivity contribution in [2.45, 2.75) is 13.3 Å². The van der Waals surface area contributed by atoms with Gasteiger partial charge in [-0.15, -0.1) is 0 Å². The minimum absolute atomic E-state index is 0.293. The number of carboxylic acid groups (broad SMARTS) is 1. The summed E-state index contributed by atoms with van der Waals surface area (Å²) in [4.78, 5) is 17.2. The second-order valence-electron chi connectivity index (χ2n) is 2.35. The highest BCUT2D eigenvalue weighted by Gasteiger charge is 2.20. The minimum Gasteiger partial charge on any atom is -0.476 e. The van der Waals surface area contributed by atoms with E-state index in [1.807, 2.05) is 0 Å². The molecular weight excluding hydrogens is 182 g/mol. The van der Waals surface area contributed by atoms with Crippen molar-refractivity contribution in [3.05, 3.63) is 23.3 Å². The molecule has 1 aromatic rings. The first-order valence-corrected chi connectivity index (χ1v) is 3.37. The predicted octanol–water partition coefficient (Wildman–Crippen LogP) is 1.42. The van der Waals surface area contributed by atoms with Crippen molar-refractivity contribution >= 4 is 5.97 Å². The summed E-state index contributed by atoms with van der Waals surface area (Å²) >= 11 is 0. The average molecular weight is 188 g/mol. The zero-order valence-electron chi connectivity index (χ0n) is 6.66. The lowest BCUT2D eigenvalue weighted by Gasteiger charge is -2.02. The van der Waals surface area contributed by atoms with Crippen molar-refractivity contribution in [2.75, 3.05) is 0 Å².